The lowest BCUT2D eigenvalue weighted by molar-refractivity contribution is 0.0502. The van der Waals surface area contributed by atoms with E-state index in [1.165, 1.54) is 6.26 Å². The molecule has 1 heterocycles. The summed E-state index contributed by atoms with van der Waals surface area (Å²) in [5.41, 5.74) is 17.3. The third-order valence-electron chi connectivity index (χ3n) is 5.73. The number of nitrogens with one attached hydrogen (secondary N) is 1. The van der Waals surface area contributed by atoms with E-state index in [0.717, 1.165) is 22.4 Å². The van der Waals surface area contributed by atoms with Gasteiger partial charge in [-0.1, -0.05) is 54.6 Å². The van der Waals surface area contributed by atoms with Crippen molar-refractivity contribution >= 4 is 27.3 Å². The second kappa shape index (κ2) is 10.8. The summed E-state index contributed by atoms with van der Waals surface area (Å²) >= 11 is 0. The zero-order valence-corrected chi connectivity index (χ0v) is 21.0. The number of rotatable bonds is 9. The number of hydrogen-bond donors (Lipinski definition) is 3. The molecule has 4 rings (SSSR count). The zero-order chi connectivity index (χ0) is 25.7. The number of hydrogen-bond acceptors (Lipinski definition) is 8. The van der Waals surface area contributed by atoms with Gasteiger partial charge < -0.3 is 21.5 Å². The van der Waals surface area contributed by atoms with E-state index in [4.69, 9.17) is 16.2 Å². The van der Waals surface area contributed by atoms with Crippen LogP contribution in [0.25, 0.3) is 11.1 Å². The van der Waals surface area contributed by atoms with E-state index >= 15 is 0 Å². The largest absolute Gasteiger partial charge is 0.383 e. The van der Waals surface area contributed by atoms with Gasteiger partial charge in [-0.25, -0.2) is 13.4 Å². The summed E-state index contributed by atoms with van der Waals surface area (Å²) < 4.78 is 29.3. The van der Waals surface area contributed by atoms with Crippen molar-refractivity contribution in [2.75, 3.05) is 23.0 Å². The van der Waals surface area contributed by atoms with Crippen LogP contribution in [0.1, 0.15) is 29.8 Å². The molecule has 1 aromatic heterocycles. The van der Waals surface area contributed by atoms with Gasteiger partial charge in [0.05, 0.1) is 23.3 Å². The van der Waals surface area contributed by atoms with Crippen LogP contribution in [0.5, 0.6) is 0 Å². The minimum atomic E-state index is -3.21. The first kappa shape index (κ1) is 25.2. The summed E-state index contributed by atoms with van der Waals surface area (Å²) in [6, 6.07) is 24.5. The van der Waals surface area contributed by atoms with Crippen LogP contribution in [0.15, 0.2) is 83.8 Å². The van der Waals surface area contributed by atoms with E-state index in [9.17, 15) is 8.42 Å². The third-order valence-corrected chi connectivity index (χ3v) is 6.86. The summed E-state index contributed by atoms with van der Waals surface area (Å²) in [6.45, 7) is 2.89. The second-order valence-electron chi connectivity index (χ2n) is 8.51. The average molecular weight is 504 g/mol. The summed E-state index contributed by atoms with van der Waals surface area (Å²) in [7, 11) is -3.21. The molecule has 3 aromatic carbocycles. The second-order valence-corrected chi connectivity index (χ2v) is 10.5. The molecule has 0 saturated carbocycles. The van der Waals surface area contributed by atoms with Crippen LogP contribution in [-0.4, -0.2) is 24.6 Å². The molecule has 4 aromatic rings. The monoisotopic (exact) mass is 503 g/mol. The molecule has 0 radical (unpaired) electrons. The zero-order valence-electron chi connectivity index (χ0n) is 20.2. The van der Waals surface area contributed by atoms with E-state index in [1.807, 2.05) is 61.5 Å². The molecule has 9 heteroatoms. The fourth-order valence-corrected chi connectivity index (χ4v) is 4.42. The highest BCUT2D eigenvalue weighted by atomic mass is 32.2. The Morgan fingerprint density at radius 2 is 1.56 bits per heavy atom. The van der Waals surface area contributed by atoms with E-state index in [-0.39, 0.29) is 12.1 Å². The van der Waals surface area contributed by atoms with Gasteiger partial charge in [-0.3, -0.25) is 0 Å². The van der Waals surface area contributed by atoms with Gasteiger partial charge in [0.2, 0.25) is 5.95 Å². The van der Waals surface area contributed by atoms with Gasteiger partial charge in [-0.15, -0.1) is 0 Å². The normalized spacial score (nSPS) is 12.3. The average Bonchev–Trinajstić information content (AvgIpc) is 2.86. The molecule has 0 spiro atoms. The van der Waals surface area contributed by atoms with Crippen molar-refractivity contribution in [3.05, 3.63) is 95.7 Å². The molecule has 5 N–H and O–H groups in total. The molecule has 186 valence electrons. The Labute approximate surface area is 211 Å². The van der Waals surface area contributed by atoms with Crippen LogP contribution in [0.2, 0.25) is 0 Å². The van der Waals surface area contributed by atoms with Gasteiger partial charge in [0.25, 0.3) is 0 Å². The number of nitrogen functional groups attached to an aromatic ring is 2. The lowest BCUT2D eigenvalue weighted by Gasteiger charge is -2.18. The Balaban J connectivity index is 1.49. The fraction of sp³-hybridized carbons (Fsp3) is 0.185. The van der Waals surface area contributed by atoms with Crippen LogP contribution in [0, 0.1) is 0 Å². The van der Waals surface area contributed by atoms with Gasteiger partial charge in [-0.2, -0.15) is 4.98 Å². The number of nitrogens with zero attached hydrogens (tertiary/aromatic N) is 2. The molecular weight excluding hydrogens is 474 g/mol. The Morgan fingerprint density at radius 3 is 2.19 bits per heavy atom. The Hall–Kier alpha value is -3.95. The van der Waals surface area contributed by atoms with E-state index < -0.39 is 9.84 Å². The van der Waals surface area contributed by atoms with Crippen molar-refractivity contribution in [3.8, 4) is 11.1 Å². The molecule has 0 bridgehead atoms. The smallest absolute Gasteiger partial charge is 0.222 e. The SMILES string of the molecule is C[C@@H](OCc1ccccc1)c1nc(N)nc(N)c1-c1ccc(NCc2ccc(S(C)(=O)=O)cc2)cc1. The fourth-order valence-electron chi connectivity index (χ4n) is 3.79. The topological polar surface area (TPSA) is 133 Å². The molecule has 0 aliphatic carbocycles. The molecule has 0 saturated heterocycles. The van der Waals surface area contributed by atoms with Crippen molar-refractivity contribution in [2.24, 2.45) is 0 Å². The minimum absolute atomic E-state index is 0.0987. The number of benzene rings is 3. The van der Waals surface area contributed by atoms with E-state index in [1.54, 1.807) is 24.3 Å². The van der Waals surface area contributed by atoms with Crippen LogP contribution >= 0.6 is 0 Å². The Kier molecular flexibility index (Phi) is 7.52. The standard InChI is InChI=1S/C27H29N5O3S/c1-18(35-17-20-6-4-3-5-7-20)25-24(26(28)32-27(29)31-25)21-10-12-22(13-11-21)30-16-19-8-14-23(15-9-19)36(2,33)34/h3-15,18,30H,16-17H2,1-2H3,(H4,28,29,31,32)/t18-/m1/s1. The lowest BCUT2D eigenvalue weighted by atomic mass is 10.0. The van der Waals surface area contributed by atoms with Crippen LogP contribution in [-0.2, 0) is 27.7 Å². The molecule has 0 aliphatic heterocycles. The highest BCUT2D eigenvalue weighted by molar-refractivity contribution is 7.90. The maximum atomic E-state index is 11.6. The van der Waals surface area contributed by atoms with Gasteiger partial charge in [-0.05, 0) is 47.9 Å². The minimum Gasteiger partial charge on any atom is -0.383 e. The van der Waals surface area contributed by atoms with Gasteiger partial charge >= 0.3 is 0 Å². The predicted molar refractivity (Wildman–Crippen MR) is 143 cm³/mol. The molecule has 0 amide bonds. The summed E-state index contributed by atoms with van der Waals surface area (Å²) in [5, 5.41) is 3.34. The van der Waals surface area contributed by atoms with Crippen LogP contribution in [0.3, 0.4) is 0 Å². The molecule has 36 heavy (non-hydrogen) atoms. The molecule has 0 unspecified atom stereocenters. The van der Waals surface area contributed by atoms with Gasteiger partial charge in [0, 0.05) is 24.1 Å². The summed E-state index contributed by atoms with van der Waals surface area (Å²) in [5.74, 6) is 0.390. The van der Waals surface area contributed by atoms with Gasteiger partial charge in [0.1, 0.15) is 5.82 Å². The van der Waals surface area contributed by atoms with Crippen molar-refractivity contribution < 1.29 is 13.2 Å². The van der Waals surface area contributed by atoms with E-state index in [2.05, 4.69) is 15.3 Å². The first-order chi connectivity index (χ1) is 17.2. The number of anilines is 3. The highest BCUT2D eigenvalue weighted by Gasteiger charge is 2.19. The lowest BCUT2D eigenvalue weighted by Crippen LogP contribution is -2.11. The third kappa shape index (κ3) is 6.18. The molecule has 0 fully saturated rings. The predicted octanol–water partition coefficient (Wildman–Crippen LogP) is 4.60. The van der Waals surface area contributed by atoms with Crippen LogP contribution < -0.4 is 16.8 Å². The summed E-state index contributed by atoms with van der Waals surface area (Å²) in [4.78, 5) is 8.92. The Bertz CT molecular complexity index is 1430. The first-order valence-corrected chi connectivity index (χ1v) is 13.3. The van der Waals surface area contributed by atoms with Crippen molar-refractivity contribution in [1.82, 2.24) is 9.97 Å². The number of ether oxygens (including phenoxy) is 1. The number of aromatic nitrogens is 2. The molecule has 1 atom stereocenters. The maximum Gasteiger partial charge on any atom is 0.222 e. The Morgan fingerprint density at radius 1 is 0.889 bits per heavy atom. The summed E-state index contributed by atoms with van der Waals surface area (Å²) in [6.07, 6.45) is 0.836. The van der Waals surface area contributed by atoms with Gasteiger partial charge in [0.15, 0.2) is 9.84 Å². The quantitative estimate of drug-likeness (QED) is 0.302. The molecule has 0 aliphatic rings. The molecule has 8 nitrogen and oxygen atoms in total. The number of sulfone groups is 1. The van der Waals surface area contributed by atoms with Crippen LogP contribution in [0.4, 0.5) is 17.5 Å². The van der Waals surface area contributed by atoms with E-state index in [0.29, 0.717) is 35.1 Å². The molecular formula is C27H29N5O3S. The number of nitrogens with two attached hydrogens (primary N) is 2. The van der Waals surface area contributed by atoms with Crippen molar-refractivity contribution in [3.63, 3.8) is 0 Å². The maximum absolute atomic E-state index is 11.6. The first-order valence-electron chi connectivity index (χ1n) is 11.4. The van der Waals surface area contributed by atoms with Crippen molar-refractivity contribution in [2.45, 2.75) is 31.1 Å². The highest BCUT2D eigenvalue weighted by Crippen LogP contribution is 2.34. The van der Waals surface area contributed by atoms with Crippen molar-refractivity contribution in [1.29, 1.82) is 0 Å².